The molecule has 0 saturated carbocycles. The van der Waals surface area contributed by atoms with Crippen molar-refractivity contribution in [2.75, 3.05) is 7.05 Å². The zero-order valence-electron chi connectivity index (χ0n) is 10.8. The van der Waals surface area contributed by atoms with Crippen LogP contribution in [0.15, 0.2) is 34.0 Å². The van der Waals surface area contributed by atoms with Crippen LogP contribution in [0.25, 0.3) is 0 Å². The Hall–Kier alpha value is -1.15. The second-order valence-corrected chi connectivity index (χ2v) is 7.58. The Labute approximate surface area is 116 Å². The van der Waals surface area contributed by atoms with E-state index in [0.29, 0.717) is 11.4 Å². The van der Waals surface area contributed by atoms with E-state index in [0.717, 1.165) is 15.3 Å². The van der Waals surface area contributed by atoms with Crippen LogP contribution in [0.2, 0.25) is 0 Å². The highest BCUT2D eigenvalue weighted by Gasteiger charge is 2.25. The van der Waals surface area contributed by atoms with E-state index in [1.807, 2.05) is 0 Å². The van der Waals surface area contributed by atoms with Crippen molar-refractivity contribution in [3.8, 4) is 0 Å². The fraction of sp³-hybridized carbons (Fsp3) is 0.333. The maximum Gasteiger partial charge on any atom is 0.244 e. The number of thiophene rings is 1. The number of hydrogen-bond donors (Lipinski definition) is 1. The van der Waals surface area contributed by atoms with Crippen molar-refractivity contribution in [3.63, 3.8) is 0 Å². The normalized spacial score (nSPS) is 12.2. The highest BCUT2D eigenvalue weighted by molar-refractivity contribution is 7.89. The number of rotatable bonds is 5. The number of nitrogens with zero attached hydrogens (tertiary/aromatic N) is 1. The molecule has 0 amide bonds. The maximum absolute atomic E-state index is 12.5. The summed E-state index contributed by atoms with van der Waals surface area (Å²) in [5.41, 5.74) is 6.37. The molecule has 5 nitrogen and oxygen atoms in total. The molecule has 0 aliphatic rings. The molecule has 19 heavy (non-hydrogen) atoms. The summed E-state index contributed by atoms with van der Waals surface area (Å²) in [6.45, 7) is 2.43. The molecule has 0 saturated heterocycles. The molecule has 0 aliphatic carbocycles. The van der Waals surface area contributed by atoms with Crippen LogP contribution < -0.4 is 5.73 Å². The average molecular weight is 300 g/mol. The van der Waals surface area contributed by atoms with Crippen LogP contribution in [0.5, 0.6) is 0 Å². The third-order valence-corrected chi connectivity index (χ3v) is 5.93. The minimum absolute atomic E-state index is 0.284. The van der Waals surface area contributed by atoms with E-state index in [1.165, 1.54) is 28.2 Å². The third-order valence-electron chi connectivity index (χ3n) is 2.80. The average Bonchev–Trinajstić information content (AvgIpc) is 2.98. The summed E-state index contributed by atoms with van der Waals surface area (Å²) in [5.74, 6) is 0. The highest BCUT2D eigenvalue weighted by atomic mass is 32.2. The molecule has 2 aromatic heterocycles. The van der Waals surface area contributed by atoms with Crippen LogP contribution in [-0.2, 0) is 23.1 Å². The van der Waals surface area contributed by atoms with E-state index >= 15 is 0 Å². The fourth-order valence-electron chi connectivity index (χ4n) is 1.77. The lowest BCUT2D eigenvalue weighted by atomic mass is 10.3. The maximum atomic E-state index is 12.5. The number of hydrogen-bond acceptors (Lipinski definition) is 5. The predicted octanol–water partition coefficient (Wildman–Crippen LogP) is 1.93. The number of furan rings is 1. The molecular weight excluding hydrogens is 284 g/mol. The fourth-order valence-corrected chi connectivity index (χ4v) is 4.41. The summed E-state index contributed by atoms with van der Waals surface area (Å²) in [5, 5.41) is 0. The van der Waals surface area contributed by atoms with Crippen molar-refractivity contribution in [3.05, 3.63) is 40.0 Å². The first kappa shape index (κ1) is 14.3. The zero-order valence-corrected chi connectivity index (χ0v) is 12.4. The highest BCUT2D eigenvalue weighted by Crippen LogP contribution is 2.28. The molecule has 0 unspecified atom stereocenters. The molecule has 2 aromatic rings. The quantitative estimate of drug-likeness (QED) is 0.915. The lowest BCUT2D eigenvalue weighted by Gasteiger charge is -2.15. The SMILES string of the molecule is Cc1sc(CN)cc1S(=O)(=O)N(C)Cc1ccoc1. The van der Waals surface area contributed by atoms with Crippen molar-refractivity contribution >= 4 is 21.4 Å². The Morgan fingerprint density at radius 2 is 2.21 bits per heavy atom. The van der Waals surface area contributed by atoms with Crippen molar-refractivity contribution in [1.29, 1.82) is 0 Å². The number of sulfonamides is 1. The van der Waals surface area contributed by atoms with Gasteiger partial charge in [-0.25, -0.2) is 8.42 Å². The van der Waals surface area contributed by atoms with E-state index in [9.17, 15) is 8.42 Å². The molecule has 0 bridgehead atoms. The van der Waals surface area contributed by atoms with Gasteiger partial charge < -0.3 is 10.2 Å². The van der Waals surface area contributed by atoms with Crippen LogP contribution in [-0.4, -0.2) is 19.8 Å². The minimum Gasteiger partial charge on any atom is -0.472 e. The second kappa shape index (κ2) is 5.46. The smallest absolute Gasteiger partial charge is 0.244 e. The van der Waals surface area contributed by atoms with Gasteiger partial charge in [0.05, 0.1) is 17.4 Å². The standard InChI is InChI=1S/C12H16N2O3S2/c1-9-12(5-11(6-13)18-9)19(15,16)14(2)7-10-3-4-17-8-10/h3-5,8H,6-7,13H2,1-2H3. The van der Waals surface area contributed by atoms with E-state index < -0.39 is 10.0 Å². The van der Waals surface area contributed by atoms with Crippen molar-refractivity contribution < 1.29 is 12.8 Å². The molecule has 0 radical (unpaired) electrons. The molecule has 2 heterocycles. The third kappa shape index (κ3) is 2.89. The molecule has 0 aliphatic heterocycles. The van der Waals surface area contributed by atoms with Crippen LogP contribution in [0, 0.1) is 6.92 Å². The summed E-state index contributed by atoms with van der Waals surface area (Å²) in [6.07, 6.45) is 3.07. The van der Waals surface area contributed by atoms with Crippen molar-refractivity contribution in [2.45, 2.75) is 24.9 Å². The molecular formula is C12H16N2O3S2. The molecule has 0 fully saturated rings. The van der Waals surface area contributed by atoms with Gasteiger partial charge >= 0.3 is 0 Å². The topological polar surface area (TPSA) is 76.5 Å². The first-order valence-corrected chi connectivity index (χ1v) is 7.97. The van der Waals surface area contributed by atoms with Crippen molar-refractivity contribution in [2.24, 2.45) is 5.73 Å². The Balaban J connectivity index is 2.28. The van der Waals surface area contributed by atoms with E-state index in [-0.39, 0.29) is 6.54 Å². The summed E-state index contributed by atoms with van der Waals surface area (Å²) in [6, 6.07) is 3.40. The van der Waals surface area contributed by atoms with Gasteiger partial charge in [0.25, 0.3) is 0 Å². The molecule has 104 valence electrons. The van der Waals surface area contributed by atoms with Gasteiger partial charge in [-0.3, -0.25) is 0 Å². The molecule has 2 rings (SSSR count). The summed E-state index contributed by atoms with van der Waals surface area (Å²) >= 11 is 1.42. The summed E-state index contributed by atoms with van der Waals surface area (Å²) in [7, 11) is -1.93. The lowest BCUT2D eigenvalue weighted by Crippen LogP contribution is -2.26. The molecule has 0 spiro atoms. The van der Waals surface area contributed by atoms with Crippen molar-refractivity contribution in [1.82, 2.24) is 4.31 Å². The van der Waals surface area contributed by atoms with Gasteiger partial charge in [0, 0.05) is 35.5 Å². The van der Waals surface area contributed by atoms with Gasteiger partial charge in [-0.05, 0) is 19.1 Å². The first-order chi connectivity index (χ1) is 8.95. The first-order valence-electron chi connectivity index (χ1n) is 5.72. The lowest BCUT2D eigenvalue weighted by molar-refractivity contribution is 0.463. The Morgan fingerprint density at radius 1 is 1.47 bits per heavy atom. The van der Waals surface area contributed by atoms with Gasteiger partial charge in [-0.2, -0.15) is 4.31 Å². The second-order valence-electron chi connectivity index (χ2n) is 4.23. The van der Waals surface area contributed by atoms with Crippen LogP contribution in [0.3, 0.4) is 0 Å². The molecule has 7 heteroatoms. The van der Waals surface area contributed by atoms with Crippen LogP contribution in [0.4, 0.5) is 0 Å². The summed E-state index contributed by atoms with van der Waals surface area (Å²) in [4.78, 5) is 1.97. The van der Waals surface area contributed by atoms with Gasteiger partial charge in [-0.1, -0.05) is 0 Å². The van der Waals surface area contributed by atoms with Crippen LogP contribution in [0.1, 0.15) is 15.3 Å². The van der Waals surface area contributed by atoms with E-state index in [2.05, 4.69) is 0 Å². The largest absolute Gasteiger partial charge is 0.472 e. The zero-order chi connectivity index (χ0) is 14.0. The minimum atomic E-state index is -3.49. The molecule has 2 N–H and O–H groups in total. The van der Waals surface area contributed by atoms with E-state index in [4.69, 9.17) is 10.2 Å². The monoisotopic (exact) mass is 300 g/mol. The number of nitrogens with two attached hydrogens (primary N) is 1. The molecule has 0 atom stereocenters. The van der Waals surface area contributed by atoms with Crippen LogP contribution >= 0.6 is 11.3 Å². The Kier molecular flexibility index (Phi) is 4.10. The Bertz CT molecular complexity index is 645. The predicted molar refractivity (Wildman–Crippen MR) is 74.3 cm³/mol. The Morgan fingerprint density at radius 3 is 2.74 bits per heavy atom. The van der Waals surface area contributed by atoms with E-state index in [1.54, 1.807) is 26.1 Å². The van der Waals surface area contributed by atoms with Gasteiger partial charge in [0.1, 0.15) is 0 Å². The van der Waals surface area contributed by atoms with Gasteiger partial charge in [0.15, 0.2) is 0 Å². The number of aryl methyl sites for hydroxylation is 1. The van der Waals surface area contributed by atoms with Gasteiger partial charge in [0.2, 0.25) is 10.0 Å². The summed E-state index contributed by atoms with van der Waals surface area (Å²) < 4.78 is 31.2. The van der Waals surface area contributed by atoms with Gasteiger partial charge in [-0.15, -0.1) is 11.3 Å². The molecule has 0 aromatic carbocycles.